The Bertz CT molecular complexity index is 541. The van der Waals surface area contributed by atoms with Crippen LogP contribution < -0.4 is 5.73 Å². The van der Waals surface area contributed by atoms with Crippen LogP contribution in [0.4, 0.5) is 0 Å². The van der Waals surface area contributed by atoms with E-state index in [0.717, 1.165) is 5.56 Å². The van der Waals surface area contributed by atoms with E-state index >= 15 is 0 Å². The minimum atomic E-state index is -3.31. The fraction of sp³-hybridized carbons (Fsp3) is 0.462. The van der Waals surface area contributed by atoms with E-state index < -0.39 is 10.0 Å². The summed E-state index contributed by atoms with van der Waals surface area (Å²) in [5.41, 5.74) is 6.94. The maximum absolute atomic E-state index is 12.1. The number of methoxy groups -OCH3 is 1. The average Bonchev–Trinajstić information content (AvgIpc) is 2.39. The molecular formula is C13H20N2O3S2. The van der Waals surface area contributed by atoms with Crippen molar-refractivity contribution in [3.8, 4) is 0 Å². The molecule has 7 heteroatoms. The van der Waals surface area contributed by atoms with Gasteiger partial charge in [0.15, 0.2) is 0 Å². The highest BCUT2D eigenvalue weighted by Gasteiger charge is 2.18. The molecule has 1 rings (SSSR count). The summed E-state index contributed by atoms with van der Waals surface area (Å²) in [6.45, 7) is 0.990. The van der Waals surface area contributed by atoms with E-state index in [0.29, 0.717) is 30.1 Å². The minimum absolute atomic E-state index is 0.0336. The van der Waals surface area contributed by atoms with Gasteiger partial charge >= 0.3 is 0 Å². The number of hydrogen-bond donors (Lipinski definition) is 1. The lowest BCUT2D eigenvalue weighted by Crippen LogP contribution is -2.29. The quantitative estimate of drug-likeness (QED) is 0.575. The van der Waals surface area contributed by atoms with E-state index in [-0.39, 0.29) is 5.75 Å². The van der Waals surface area contributed by atoms with Crippen LogP contribution in [-0.2, 0) is 20.5 Å². The second kappa shape index (κ2) is 7.68. The van der Waals surface area contributed by atoms with Gasteiger partial charge in [0.05, 0.1) is 5.75 Å². The molecule has 0 aliphatic heterocycles. The molecule has 0 saturated heterocycles. The maximum atomic E-state index is 12.1. The van der Waals surface area contributed by atoms with Gasteiger partial charge in [-0.25, -0.2) is 12.7 Å². The molecule has 0 spiro atoms. The molecule has 20 heavy (non-hydrogen) atoms. The Balaban J connectivity index is 2.67. The average molecular weight is 316 g/mol. The third kappa shape index (κ3) is 5.16. The van der Waals surface area contributed by atoms with Gasteiger partial charge in [-0.3, -0.25) is 0 Å². The molecule has 0 unspecified atom stereocenters. The first kappa shape index (κ1) is 17.0. The molecule has 0 fully saturated rings. The zero-order valence-corrected chi connectivity index (χ0v) is 13.3. The van der Waals surface area contributed by atoms with Crippen molar-refractivity contribution in [1.82, 2.24) is 4.31 Å². The van der Waals surface area contributed by atoms with Crippen molar-refractivity contribution in [3.63, 3.8) is 0 Å². The Morgan fingerprint density at radius 2 is 1.95 bits per heavy atom. The van der Waals surface area contributed by atoms with Gasteiger partial charge in [0, 0.05) is 32.9 Å². The smallest absolute Gasteiger partial charge is 0.218 e. The molecule has 1 aromatic rings. The Labute approximate surface area is 125 Å². The number of nitrogens with two attached hydrogens (primary N) is 1. The van der Waals surface area contributed by atoms with Gasteiger partial charge < -0.3 is 10.5 Å². The van der Waals surface area contributed by atoms with Gasteiger partial charge in [-0.2, -0.15) is 0 Å². The van der Waals surface area contributed by atoms with Gasteiger partial charge in [-0.05, 0) is 12.0 Å². The normalized spacial score (nSPS) is 11.8. The van der Waals surface area contributed by atoms with Gasteiger partial charge in [-0.1, -0.05) is 36.5 Å². The van der Waals surface area contributed by atoms with E-state index in [1.807, 2.05) is 0 Å². The Kier molecular flexibility index (Phi) is 6.54. The highest BCUT2D eigenvalue weighted by molar-refractivity contribution is 7.88. The summed E-state index contributed by atoms with van der Waals surface area (Å²) in [6.07, 6.45) is 0.673. The molecular weight excluding hydrogens is 296 g/mol. The fourth-order valence-electron chi connectivity index (χ4n) is 1.66. The van der Waals surface area contributed by atoms with Crippen LogP contribution in [0, 0.1) is 0 Å². The largest absolute Gasteiger partial charge is 0.389 e. The number of benzene rings is 1. The highest BCUT2D eigenvalue weighted by atomic mass is 32.2. The first-order valence-electron chi connectivity index (χ1n) is 6.18. The van der Waals surface area contributed by atoms with Crippen LogP contribution in [0.5, 0.6) is 0 Å². The van der Waals surface area contributed by atoms with Crippen molar-refractivity contribution in [2.24, 2.45) is 5.73 Å². The molecule has 0 saturated carbocycles. The molecule has 112 valence electrons. The lowest BCUT2D eigenvalue weighted by molar-refractivity contribution is 0.189. The number of sulfonamides is 1. The highest BCUT2D eigenvalue weighted by Crippen LogP contribution is 2.11. The Hall–Kier alpha value is -1.02. The Morgan fingerprint density at radius 3 is 2.45 bits per heavy atom. The maximum Gasteiger partial charge on any atom is 0.218 e. The van der Waals surface area contributed by atoms with Gasteiger partial charge in [0.25, 0.3) is 0 Å². The summed E-state index contributed by atoms with van der Waals surface area (Å²) in [5, 5.41) is 0. The van der Waals surface area contributed by atoms with Crippen molar-refractivity contribution in [1.29, 1.82) is 0 Å². The second-order valence-electron chi connectivity index (χ2n) is 4.49. The van der Waals surface area contributed by atoms with Gasteiger partial charge in [0.2, 0.25) is 10.0 Å². The fourth-order valence-corrected chi connectivity index (χ4v) is 3.03. The van der Waals surface area contributed by atoms with E-state index in [1.54, 1.807) is 38.4 Å². The topological polar surface area (TPSA) is 72.6 Å². The van der Waals surface area contributed by atoms with Crippen LogP contribution >= 0.6 is 12.2 Å². The van der Waals surface area contributed by atoms with Crippen molar-refractivity contribution < 1.29 is 13.2 Å². The van der Waals surface area contributed by atoms with Crippen molar-refractivity contribution in [2.75, 3.05) is 27.3 Å². The van der Waals surface area contributed by atoms with Crippen LogP contribution in [0.3, 0.4) is 0 Å². The van der Waals surface area contributed by atoms with Crippen LogP contribution in [-0.4, -0.2) is 45.0 Å². The first-order valence-corrected chi connectivity index (χ1v) is 8.20. The number of nitrogens with zero attached hydrogens (tertiary/aromatic N) is 1. The molecule has 0 aromatic heterocycles. The number of ether oxygens (including phenoxy) is 1. The molecule has 0 aliphatic carbocycles. The SMILES string of the molecule is COCCCN(C)S(=O)(=O)Cc1ccc(C(N)=S)cc1. The van der Waals surface area contributed by atoms with Crippen LogP contribution in [0.2, 0.25) is 0 Å². The number of hydrogen-bond acceptors (Lipinski definition) is 4. The summed E-state index contributed by atoms with van der Waals surface area (Å²) in [4.78, 5) is 0.302. The molecule has 0 bridgehead atoms. The summed E-state index contributed by atoms with van der Waals surface area (Å²) < 4.78 is 30.6. The van der Waals surface area contributed by atoms with E-state index in [2.05, 4.69) is 0 Å². The zero-order valence-electron chi connectivity index (χ0n) is 11.7. The van der Waals surface area contributed by atoms with Gasteiger partial charge in [0.1, 0.15) is 4.99 Å². The standard InChI is InChI=1S/C13H20N2O3S2/c1-15(8-3-9-18-2)20(16,17)10-11-4-6-12(7-5-11)13(14)19/h4-7H,3,8-10H2,1-2H3,(H2,14,19). The first-order chi connectivity index (χ1) is 9.36. The summed E-state index contributed by atoms with van der Waals surface area (Å²) in [5.74, 6) is -0.0336. The van der Waals surface area contributed by atoms with E-state index in [4.69, 9.17) is 22.7 Å². The molecule has 0 atom stereocenters. The Morgan fingerprint density at radius 1 is 1.35 bits per heavy atom. The molecule has 0 heterocycles. The molecule has 1 aromatic carbocycles. The predicted octanol–water partition coefficient (Wildman–Crippen LogP) is 1.12. The number of thiocarbonyl (C=S) groups is 1. The molecule has 0 amide bonds. The zero-order chi connectivity index (χ0) is 15.2. The summed E-state index contributed by atoms with van der Waals surface area (Å²) in [6, 6.07) is 6.93. The third-order valence-electron chi connectivity index (χ3n) is 2.88. The van der Waals surface area contributed by atoms with Crippen LogP contribution in [0.25, 0.3) is 0 Å². The summed E-state index contributed by atoms with van der Waals surface area (Å²) in [7, 11) is -0.140. The van der Waals surface area contributed by atoms with Gasteiger partial charge in [-0.15, -0.1) is 0 Å². The summed E-state index contributed by atoms with van der Waals surface area (Å²) >= 11 is 4.86. The lowest BCUT2D eigenvalue weighted by atomic mass is 10.1. The third-order valence-corrected chi connectivity index (χ3v) is 4.95. The van der Waals surface area contributed by atoms with E-state index in [1.165, 1.54) is 4.31 Å². The van der Waals surface area contributed by atoms with Crippen molar-refractivity contribution in [3.05, 3.63) is 35.4 Å². The van der Waals surface area contributed by atoms with Crippen molar-refractivity contribution in [2.45, 2.75) is 12.2 Å². The van der Waals surface area contributed by atoms with E-state index in [9.17, 15) is 8.42 Å². The molecule has 0 radical (unpaired) electrons. The monoisotopic (exact) mass is 316 g/mol. The van der Waals surface area contributed by atoms with Crippen molar-refractivity contribution >= 4 is 27.2 Å². The minimum Gasteiger partial charge on any atom is -0.389 e. The number of rotatable bonds is 8. The van der Waals surface area contributed by atoms with Crippen LogP contribution in [0.1, 0.15) is 17.5 Å². The predicted molar refractivity (Wildman–Crippen MR) is 84.1 cm³/mol. The second-order valence-corrected chi connectivity index (χ2v) is 7.00. The molecule has 2 N–H and O–H groups in total. The molecule has 0 aliphatic rings. The molecule has 5 nitrogen and oxygen atoms in total. The lowest BCUT2D eigenvalue weighted by Gasteiger charge is -2.17. The van der Waals surface area contributed by atoms with Crippen LogP contribution in [0.15, 0.2) is 24.3 Å².